The molecule has 1 heterocycles. The number of hydrogen-bond donors (Lipinski definition) is 2. The molecule has 0 spiro atoms. The van der Waals surface area contributed by atoms with E-state index in [0.717, 1.165) is 24.4 Å². The Kier molecular flexibility index (Phi) is 4.72. The van der Waals surface area contributed by atoms with Crippen molar-refractivity contribution in [1.82, 2.24) is 4.98 Å². The van der Waals surface area contributed by atoms with E-state index in [2.05, 4.69) is 4.98 Å². The highest BCUT2D eigenvalue weighted by molar-refractivity contribution is 7.92. The number of nitrogens with zero attached hydrogens (tertiary/aromatic N) is 1. The number of pyridine rings is 1. The second-order valence-corrected chi connectivity index (χ2v) is 6.54. The van der Waals surface area contributed by atoms with Gasteiger partial charge in [-0.2, -0.15) is 13.2 Å². The molecule has 1 aromatic carbocycles. The minimum Gasteiger partial charge on any atom is -0.476 e. The Bertz CT molecular complexity index is 900. The van der Waals surface area contributed by atoms with Crippen LogP contribution in [0.2, 0.25) is 5.02 Å². The molecule has 2 N–H and O–H groups in total. The van der Waals surface area contributed by atoms with Crippen LogP contribution in [0.3, 0.4) is 0 Å². The van der Waals surface area contributed by atoms with Gasteiger partial charge < -0.3 is 5.11 Å². The van der Waals surface area contributed by atoms with Gasteiger partial charge in [-0.25, -0.2) is 18.2 Å². The highest BCUT2D eigenvalue weighted by atomic mass is 35.5. The molecular formula is C13H8ClF3N2O4S. The van der Waals surface area contributed by atoms with Crippen LogP contribution < -0.4 is 4.72 Å². The molecule has 24 heavy (non-hydrogen) atoms. The summed E-state index contributed by atoms with van der Waals surface area (Å²) in [7, 11) is -4.48. The van der Waals surface area contributed by atoms with E-state index < -0.39 is 43.3 Å². The van der Waals surface area contributed by atoms with Gasteiger partial charge in [-0.15, -0.1) is 0 Å². The number of carboxylic acid groups (broad SMARTS) is 1. The quantitative estimate of drug-likeness (QED) is 0.848. The van der Waals surface area contributed by atoms with Crippen molar-refractivity contribution in [1.29, 1.82) is 0 Å². The molecular weight excluding hydrogens is 373 g/mol. The molecule has 0 bridgehead atoms. The number of benzene rings is 1. The summed E-state index contributed by atoms with van der Waals surface area (Å²) in [6, 6.07) is 4.42. The molecule has 0 amide bonds. The molecule has 0 radical (unpaired) electrons. The summed E-state index contributed by atoms with van der Waals surface area (Å²) >= 11 is 5.43. The van der Waals surface area contributed by atoms with Crippen LogP contribution in [0.4, 0.5) is 18.9 Å². The summed E-state index contributed by atoms with van der Waals surface area (Å²) in [5, 5.41) is 8.30. The second-order valence-electron chi connectivity index (χ2n) is 4.45. The number of aromatic nitrogens is 1. The molecule has 1 aromatic heterocycles. The molecule has 0 aliphatic heterocycles. The second kappa shape index (κ2) is 6.29. The topological polar surface area (TPSA) is 96.4 Å². The number of rotatable bonds is 4. The zero-order chi connectivity index (χ0) is 18.1. The number of anilines is 1. The molecule has 0 aliphatic rings. The minimum atomic E-state index is -4.84. The Morgan fingerprint density at radius 3 is 2.50 bits per heavy atom. The van der Waals surface area contributed by atoms with Crippen molar-refractivity contribution in [2.75, 3.05) is 4.72 Å². The van der Waals surface area contributed by atoms with Crippen LogP contribution in [0.5, 0.6) is 0 Å². The van der Waals surface area contributed by atoms with Gasteiger partial charge in [-0.1, -0.05) is 11.6 Å². The normalized spacial score (nSPS) is 12.0. The number of nitrogens with one attached hydrogen (secondary N) is 1. The number of halogens is 4. The molecule has 0 fully saturated rings. The van der Waals surface area contributed by atoms with Crippen molar-refractivity contribution < 1.29 is 31.5 Å². The fourth-order valence-corrected chi connectivity index (χ4v) is 3.07. The fourth-order valence-electron chi connectivity index (χ4n) is 1.75. The summed E-state index contributed by atoms with van der Waals surface area (Å²) in [6.07, 6.45) is -3.71. The Hall–Kier alpha value is -2.33. The van der Waals surface area contributed by atoms with E-state index in [-0.39, 0.29) is 5.69 Å². The predicted molar refractivity (Wildman–Crippen MR) is 78.5 cm³/mol. The first-order valence-corrected chi connectivity index (χ1v) is 7.96. The predicted octanol–water partition coefficient (Wildman–Crippen LogP) is 3.25. The maximum absolute atomic E-state index is 12.8. The molecule has 6 nitrogen and oxygen atoms in total. The molecule has 2 aromatic rings. The Labute approximate surface area is 139 Å². The van der Waals surface area contributed by atoms with Gasteiger partial charge in [0.25, 0.3) is 10.0 Å². The third-order valence-corrected chi connectivity index (χ3v) is 4.50. The lowest BCUT2D eigenvalue weighted by Gasteiger charge is -2.13. The van der Waals surface area contributed by atoms with Crippen molar-refractivity contribution in [3.8, 4) is 0 Å². The van der Waals surface area contributed by atoms with Gasteiger partial charge in [-0.05, 0) is 30.3 Å². The standard InChI is InChI=1S/C13H8ClF3N2O4S/c14-9-4-3-7(6-8(9)13(15,16)17)24(22,23)19-10-2-1-5-18-11(10)12(20)21/h1-6,19H,(H,20,21). The molecule has 2 rings (SSSR count). The largest absolute Gasteiger partial charge is 0.476 e. The summed E-state index contributed by atoms with van der Waals surface area (Å²) in [5.74, 6) is -1.50. The Morgan fingerprint density at radius 2 is 1.92 bits per heavy atom. The Morgan fingerprint density at radius 1 is 1.25 bits per heavy atom. The smallest absolute Gasteiger partial charge is 0.417 e. The van der Waals surface area contributed by atoms with E-state index in [1.165, 1.54) is 6.07 Å². The third kappa shape index (κ3) is 3.77. The SMILES string of the molecule is O=C(O)c1ncccc1NS(=O)(=O)c1ccc(Cl)c(C(F)(F)F)c1. The summed E-state index contributed by atoms with van der Waals surface area (Å²) in [6.45, 7) is 0. The van der Waals surface area contributed by atoms with Gasteiger partial charge in [0.15, 0.2) is 5.69 Å². The van der Waals surface area contributed by atoms with Gasteiger partial charge in [0.1, 0.15) is 0 Å². The highest BCUT2D eigenvalue weighted by Gasteiger charge is 2.34. The zero-order valence-corrected chi connectivity index (χ0v) is 13.1. The molecule has 0 unspecified atom stereocenters. The summed E-state index contributed by atoms with van der Waals surface area (Å²) in [5.41, 5.74) is -2.30. The van der Waals surface area contributed by atoms with E-state index in [1.807, 2.05) is 4.72 Å². The van der Waals surface area contributed by atoms with Gasteiger partial charge in [0.05, 0.1) is 21.2 Å². The molecule has 0 saturated carbocycles. The molecule has 0 aliphatic carbocycles. The maximum atomic E-state index is 12.8. The van der Waals surface area contributed by atoms with Gasteiger partial charge in [0, 0.05) is 6.20 Å². The van der Waals surface area contributed by atoms with Crippen molar-refractivity contribution in [3.63, 3.8) is 0 Å². The lowest BCUT2D eigenvalue weighted by Crippen LogP contribution is -2.17. The van der Waals surface area contributed by atoms with Crippen molar-refractivity contribution in [2.45, 2.75) is 11.1 Å². The van der Waals surface area contributed by atoms with Crippen molar-refractivity contribution in [3.05, 3.63) is 52.8 Å². The van der Waals surface area contributed by atoms with Gasteiger partial charge >= 0.3 is 12.1 Å². The van der Waals surface area contributed by atoms with E-state index in [4.69, 9.17) is 16.7 Å². The van der Waals surface area contributed by atoms with Crippen LogP contribution in [-0.4, -0.2) is 24.5 Å². The number of aromatic carboxylic acids is 1. The maximum Gasteiger partial charge on any atom is 0.417 e. The lowest BCUT2D eigenvalue weighted by atomic mass is 10.2. The number of hydrogen-bond acceptors (Lipinski definition) is 4. The van der Waals surface area contributed by atoms with Crippen molar-refractivity contribution in [2.24, 2.45) is 0 Å². The number of sulfonamides is 1. The van der Waals surface area contributed by atoms with Crippen LogP contribution in [0.1, 0.15) is 16.1 Å². The van der Waals surface area contributed by atoms with Gasteiger partial charge in [-0.3, -0.25) is 4.72 Å². The average Bonchev–Trinajstić information content (AvgIpc) is 2.46. The first-order valence-electron chi connectivity index (χ1n) is 6.10. The van der Waals surface area contributed by atoms with Crippen LogP contribution >= 0.6 is 11.6 Å². The zero-order valence-electron chi connectivity index (χ0n) is 11.5. The lowest BCUT2D eigenvalue weighted by molar-refractivity contribution is -0.137. The molecule has 0 atom stereocenters. The first kappa shape index (κ1) is 18.0. The molecule has 0 saturated heterocycles. The van der Waals surface area contributed by atoms with E-state index >= 15 is 0 Å². The summed E-state index contributed by atoms with van der Waals surface area (Å²) < 4.78 is 64.8. The number of carbonyl (C=O) groups is 1. The highest BCUT2D eigenvalue weighted by Crippen LogP contribution is 2.36. The van der Waals surface area contributed by atoms with E-state index in [0.29, 0.717) is 6.07 Å². The summed E-state index contributed by atoms with van der Waals surface area (Å²) in [4.78, 5) is 13.8. The van der Waals surface area contributed by atoms with Gasteiger partial charge in [0.2, 0.25) is 0 Å². The van der Waals surface area contributed by atoms with E-state index in [1.54, 1.807) is 0 Å². The van der Waals surface area contributed by atoms with Crippen LogP contribution in [0.15, 0.2) is 41.4 Å². The average molecular weight is 381 g/mol. The Balaban J connectivity index is 2.48. The van der Waals surface area contributed by atoms with Crippen LogP contribution in [0, 0.1) is 0 Å². The first-order chi connectivity index (χ1) is 11.0. The number of alkyl halides is 3. The van der Waals surface area contributed by atoms with Crippen molar-refractivity contribution >= 4 is 33.3 Å². The fraction of sp³-hybridized carbons (Fsp3) is 0.0769. The van der Waals surface area contributed by atoms with Crippen LogP contribution in [0.25, 0.3) is 0 Å². The third-order valence-electron chi connectivity index (χ3n) is 2.81. The molecule has 11 heteroatoms. The monoisotopic (exact) mass is 380 g/mol. The number of carboxylic acids is 1. The van der Waals surface area contributed by atoms with E-state index in [9.17, 15) is 26.4 Å². The molecule has 128 valence electrons. The van der Waals surface area contributed by atoms with Crippen LogP contribution in [-0.2, 0) is 16.2 Å². The minimum absolute atomic E-state index is 0.363.